The van der Waals surface area contributed by atoms with Gasteiger partial charge in [0.2, 0.25) is 5.91 Å². The molecule has 1 amide bonds. The molecule has 1 unspecified atom stereocenters. The third kappa shape index (κ3) is 7.37. The van der Waals surface area contributed by atoms with Crippen molar-refractivity contribution in [3.8, 4) is 0 Å². The Morgan fingerprint density at radius 1 is 1.24 bits per heavy atom. The fraction of sp³-hybridized carbons (Fsp3) is 0.929. The molecule has 3 nitrogen and oxygen atoms in total. The first-order chi connectivity index (χ1) is 7.59. The average Bonchev–Trinajstić information content (AvgIpc) is 2.15. The highest BCUT2D eigenvalue weighted by Crippen LogP contribution is 2.17. The second kappa shape index (κ2) is 6.39. The van der Waals surface area contributed by atoms with Crippen molar-refractivity contribution in [3.63, 3.8) is 0 Å². The molecule has 0 aromatic rings. The minimum absolute atomic E-state index is 0.0319. The SMILES string of the molecule is CCC(C)(CCOC(C)(C)C)NC(=O)C(C)C. The topological polar surface area (TPSA) is 38.3 Å². The van der Waals surface area contributed by atoms with Gasteiger partial charge in [0.1, 0.15) is 0 Å². The van der Waals surface area contributed by atoms with Crippen molar-refractivity contribution in [2.45, 2.75) is 72.4 Å². The van der Waals surface area contributed by atoms with E-state index in [-0.39, 0.29) is 23.0 Å². The van der Waals surface area contributed by atoms with Crippen LogP contribution < -0.4 is 5.32 Å². The van der Waals surface area contributed by atoms with Gasteiger partial charge in [-0.3, -0.25) is 4.79 Å². The Morgan fingerprint density at radius 2 is 1.76 bits per heavy atom. The van der Waals surface area contributed by atoms with E-state index in [9.17, 15) is 4.79 Å². The van der Waals surface area contributed by atoms with E-state index in [0.717, 1.165) is 12.8 Å². The number of carbonyl (C=O) groups excluding carboxylic acids is 1. The lowest BCUT2D eigenvalue weighted by atomic mass is 9.94. The first-order valence-corrected chi connectivity index (χ1v) is 6.55. The van der Waals surface area contributed by atoms with Crippen molar-refractivity contribution in [3.05, 3.63) is 0 Å². The molecule has 102 valence electrons. The van der Waals surface area contributed by atoms with Crippen LogP contribution in [-0.2, 0) is 9.53 Å². The van der Waals surface area contributed by atoms with Crippen LogP contribution >= 0.6 is 0 Å². The predicted molar refractivity (Wildman–Crippen MR) is 72.0 cm³/mol. The molecule has 0 saturated heterocycles. The summed E-state index contributed by atoms with van der Waals surface area (Å²) in [6.07, 6.45) is 1.76. The molecule has 0 spiro atoms. The number of hydrogen-bond acceptors (Lipinski definition) is 2. The highest BCUT2D eigenvalue weighted by Gasteiger charge is 2.25. The zero-order valence-electron chi connectivity index (χ0n) is 12.5. The second-order valence-corrected chi connectivity index (χ2v) is 6.27. The molecule has 0 radical (unpaired) electrons. The van der Waals surface area contributed by atoms with Crippen LogP contribution in [0, 0.1) is 5.92 Å². The minimum atomic E-state index is -0.160. The lowest BCUT2D eigenvalue weighted by Crippen LogP contribution is -2.48. The van der Waals surface area contributed by atoms with E-state index in [1.165, 1.54) is 0 Å². The number of hydrogen-bond donors (Lipinski definition) is 1. The van der Waals surface area contributed by atoms with Gasteiger partial charge in [-0.05, 0) is 40.5 Å². The molecule has 1 atom stereocenters. The van der Waals surface area contributed by atoms with E-state index in [2.05, 4.69) is 19.2 Å². The Hall–Kier alpha value is -0.570. The molecule has 0 aromatic heterocycles. The number of nitrogens with one attached hydrogen (secondary N) is 1. The number of carbonyl (C=O) groups is 1. The first-order valence-electron chi connectivity index (χ1n) is 6.55. The average molecular weight is 243 g/mol. The van der Waals surface area contributed by atoms with Crippen LogP contribution in [0.1, 0.15) is 61.3 Å². The van der Waals surface area contributed by atoms with Gasteiger partial charge in [-0.2, -0.15) is 0 Å². The van der Waals surface area contributed by atoms with E-state index in [0.29, 0.717) is 6.61 Å². The van der Waals surface area contributed by atoms with Crippen LogP contribution in [0.4, 0.5) is 0 Å². The van der Waals surface area contributed by atoms with Crippen molar-refractivity contribution in [2.75, 3.05) is 6.61 Å². The maximum atomic E-state index is 11.7. The highest BCUT2D eigenvalue weighted by atomic mass is 16.5. The molecule has 0 rings (SSSR count). The Labute approximate surface area is 106 Å². The summed E-state index contributed by atoms with van der Waals surface area (Å²) in [6, 6.07) is 0. The van der Waals surface area contributed by atoms with E-state index in [1.54, 1.807) is 0 Å². The van der Waals surface area contributed by atoms with Crippen LogP contribution in [0.15, 0.2) is 0 Å². The van der Waals surface area contributed by atoms with Gasteiger partial charge in [0.25, 0.3) is 0 Å². The van der Waals surface area contributed by atoms with Gasteiger partial charge in [-0.15, -0.1) is 0 Å². The van der Waals surface area contributed by atoms with E-state index in [1.807, 2.05) is 34.6 Å². The molecule has 0 aromatic carbocycles. The Balaban J connectivity index is 4.24. The molecular formula is C14H29NO2. The summed E-state index contributed by atoms with van der Waals surface area (Å²) in [6.45, 7) is 14.8. The molecule has 0 aliphatic rings. The lowest BCUT2D eigenvalue weighted by molar-refractivity contribution is -0.126. The molecule has 0 fully saturated rings. The van der Waals surface area contributed by atoms with Gasteiger partial charge in [0, 0.05) is 18.1 Å². The molecule has 0 aliphatic heterocycles. The maximum absolute atomic E-state index is 11.7. The van der Waals surface area contributed by atoms with Gasteiger partial charge >= 0.3 is 0 Å². The summed E-state index contributed by atoms with van der Waals surface area (Å²) in [5, 5.41) is 3.11. The van der Waals surface area contributed by atoms with E-state index >= 15 is 0 Å². The van der Waals surface area contributed by atoms with Crippen LogP contribution in [0.2, 0.25) is 0 Å². The molecule has 17 heavy (non-hydrogen) atoms. The van der Waals surface area contributed by atoms with Crippen molar-refractivity contribution in [2.24, 2.45) is 5.92 Å². The van der Waals surface area contributed by atoms with E-state index in [4.69, 9.17) is 4.74 Å². The third-order valence-electron chi connectivity index (χ3n) is 2.92. The van der Waals surface area contributed by atoms with Crippen molar-refractivity contribution < 1.29 is 9.53 Å². The minimum Gasteiger partial charge on any atom is -0.376 e. The molecule has 0 aliphatic carbocycles. The molecule has 0 heterocycles. The van der Waals surface area contributed by atoms with Crippen LogP contribution in [0.5, 0.6) is 0 Å². The Kier molecular flexibility index (Phi) is 6.17. The summed E-state index contributed by atoms with van der Waals surface area (Å²) in [5.74, 6) is 0.148. The van der Waals surface area contributed by atoms with Crippen molar-refractivity contribution in [1.29, 1.82) is 0 Å². The van der Waals surface area contributed by atoms with Crippen LogP contribution in [0.25, 0.3) is 0 Å². The second-order valence-electron chi connectivity index (χ2n) is 6.27. The normalized spacial score (nSPS) is 15.8. The zero-order valence-corrected chi connectivity index (χ0v) is 12.5. The van der Waals surface area contributed by atoms with Crippen molar-refractivity contribution >= 4 is 5.91 Å². The molecule has 0 saturated carbocycles. The lowest BCUT2D eigenvalue weighted by Gasteiger charge is -2.32. The summed E-state index contributed by atoms with van der Waals surface area (Å²) in [4.78, 5) is 11.7. The predicted octanol–water partition coefficient (Wildman–Crippen LogP) is 3.13. The summed E-state index contributed by atoms with van der Waals surface area (Å²) in [7, 11) is 0. The monoisotopic (exact) mass is 243 g/mol. The number of ether oxygens (including phenoxy) is 1. The smallest absolute Gasteiger partial charge is 0.222 e. The maximum Gasteiger partial charge on any atom is 0.222 e. The standard InChI is InChI=1S/C14H29NO2/c1-8-14(7,15-12(16)11(2)3)9-10-17-13(4,5)6/h11H,8-10H2,1-7H3,(H,15,16). The van der Waals surface area contributed by atoms with Gasteiger partial charge in [-0.1, -0.05) is 20.8 Å². The third-order valence-corrected chi connectivity index (χ3v) is 2.92. The quantitative estimate of drug-likeness (QED) is 0.778. The molecule has 3 heteroatoms. The summed E-state index contributed by atoms with van der Waals surface area (Å²) < 4.78 is 5.72. The van der Waals surface area contributed by atoms with Crippen LogP contribution in [0.3, 0.4) is 0 Å². The molecule has 1 N–H and O–H groups in total. The van der Waals surface area contributed by atoms with Crippen LogP contribution in [-0.4, -0.2) is 23.7 Å². The molecular weight excluding hydrogens is 214 g/mol. The van der Waals surface area contributed by atoms with Crippen molar-refractivity contribution in [1.82, 2.24) is 5.32 Å². The number of amides is 1. The Morgan fingerprint density at radius 3 is 2.12 bits per heavy atom. The van der Waals surface area contributed by atoms with Gasteiger partial charge in [0.15, 0.2) is 0 Å². The summed E-state index contributed by atoms with van der Waals surface area (Å²) in [5.41, 5.74) is -0.274. The fourth-order valence-electron chi connectivity index (χ4n) is 1.35. The fourth-order valence-corrected chi connectivity index (χ4v) is 1.35. The molecule has 0 bridgehead atoms. The number of rotatable bonds is 6. The van der Waals surface area contributed by atoms with Gasteiger partial charge in [0.05, 0.1) is 5.60 Å². The largest absolute Gasteiger partial charge is 0.376 e. The van der Waals surface area contributed by atoms with Gasteiger partial charge in [-0.25, -0.2) is 0 Å². The first kappa shape index (κ1) is 16.4. The van der Waals surface area contributed by atoms with Gasteiger partial charge < -0.3 is 10.1 Å². The summed E-state index contributed by atoms with van der Waals surface area (Å²) >= 11 is 0. The highest BCUT2D eigenvalue weighted by molar-refractivity contribution is 5.78. The van der Waals surface area contributed by atoms with E-state index < -0.39 is 0 Å². The Bertz CT molecular complexity index is 243. The zero-order chi connectivity index (χ0) is 13.7.